The van der Waals surface area contributed by atoms with Gasteiger partial charge in [-0.15, -0.1) is 11.3 Å². The van der Waals surface area contributed by atoms with Gasteiger partial charge in [0.05, 0.1) is 23.7 Å². The van der Waals surface area contributed by atoms with E-state index in [4.69, 9.17) is 5.73 Å². The van der Waals surface area contributed by atoms with Crippen LogP contribution in [0.25, 0.3) is 0 Å². The van der Waals surface area contributed by atoms with Crippen LogP contribution in [0.3, 0.4) is 0 Å². The predicted molar refractivity (Wildman–Crippen MR) is 102 cm³/mol. The molecule has 0 spiro atoms. The molecule has 0 fully saturated rings. The molecule has 0 saturated heterocycles. The number of benzene rings is 1. The molecule has 0 aliphatic rings. The van der Waals surface area contributed by atoms with Crippen LogP contribution in [-0.2, 0) is 4.79 Å². The largest absolute Gasteiger partial charge is 0.352 e. The van der Waals surface area contributed by atoms with Crippen LogP contribution in [0.4, 0.5) is 10.5 Å². The fourth-order valence-electron chi connectivity index (χ4n) is 2.40. The van der Waals surface area contributed by atoms with Crippen molar-refractivity contribution in [2.45, 2.75) is 32.4 Å². The average molecular weight is 374 g/mol. The molecule has 8 heteroatoms. The molecule has 7 nitrogen and oxygen atoms in total. The highest BCUT2D eigenvalue weighted by atomic mass is 32.1. The number of carbonyl (C=O) groups is 3. The van der Waals surface area contributed by atoms with Crippen LogP contribution in [0.5, 0.6) is 0 Å². The summed E-state index contributed by atoms with van der Waals surface area (Å²) in [6.45, 7) is 3.72. The number of hydrogen-bond acceptors (Lipinski definition) is 4. The number of primary amides is 1. The molecule has 0 radical (unpaired) electrons. The summed E-state index contributed by atoms with van der Waals surface area (Å²) in [7, 11) is 0. The maximum atomic E-state index is 12.5. The van der Waals surface area contributed by atoms with Crippen LogP contribution in [0.2, 0.25) is 0 Å². The molecule has 138 valence electrons. The molecule has 1 unspecified atom stereocenters. The van der Waals surface area contributed by atoms with Crippen molar-refractivity contribution in [3.63, 3.8) is 0 Å². The third-order valence-corrected chi connectivity index (χ3v) is 4.44. The van der Waals surface area contributed by atoms with Gasteiger partial charge in [0, 0.05) is 10.9 Å². The first kappa shape index (κ1) is 19.5. The normalized spacial score (nSPS) is 11.7. The van der Waals surface area contributed by atoms with Gasteiger partial charge in [0.1, 0.15) is 0 Å². The van der Waals surface area contributed by atoms with E-state index in [2.05, 4.69) is 16.0 Å². The van der Waals surface area contributed by atoms with Crippen molar-refractivity contribution in [1.82, 2.24) is 10.6 Å². The minimum atomic E-state index is -0.701. The van der Waals surface area contributed by atoms with Crippen molar-refractivity contribution in [3.8, 4) is 0 Å². The van der Waals surface area contributed by atoms with Crippen molar-refractivity contribution in [1.29, 1.82) is 0 Å². The summed E-state index contributed by atoms with van der Waals surface area (Å²) in [6.07, 6.45) is 0.00356. The van der Waals surface area contributed by atoms with Crippen molar-refractivity contribution in [2.24, 2.45) is 5.73 Å². The number of hydrogen-bond donors (Lipinski definition) is 4. The lowest BCUT2D eigenvalue weighted by Gasteiger charge is -2.17. The predicted octanol–water partition coefficient (Wildman–Crippen LogP) is 2.62. The van der Waals surface area contributed by atoms with Crippen LogP contribution < -0.4 is 21.7 Å². The topological polar surface area (TPSA) is 113 Å². The zero-order chi connectivity index (χ0) is 19.1. The lowest BCUT2D eigenvalue weighted by molar-refractivity contribution is -0.116. The van der Waals surface area contributed by atoms with E-state index in [9.17, 15) is 14.4 Å². The minimum absolute atomic E-state index is 0.00356. The van der Waals surface area contributed by atoms with Gasteiger partial charge in [0.15, 0.2) is 0 Å². The molecule has 26 heavy (non-hydrogen) atoms. The van der Waals surface area contributed by atoms with Gasteiger partial charge in [-0.1, -0.05) is 18.2 Å². The Morgan fingerprint density at radius 2 is 1.81 bits per heavy atom. The number of urea groups is 1. The highest BCUT2D eigenvalue weighted by molar-refractivity contribution is 7.10. The van der Waals surface area contributed by atoms with Crippen LogP contribution >= 0.6 is 11.3 Å². The standard InChI is InChI=1S/C18H22N4O3S/c1-11(2)20-17(24)12-6-3-4-7-13(12)21-16(23)10-14(22-18(19)25)15-8-5-9-26-15/h3-9,11,14H,10H2,1-2H3,(H,20,24)(H,21,23)(H3,19,22,25). The Kier molecular flexibility index (Phi) is 6.74. The number of nitrogens with one attached hydrogen (secondary N) is 3. The molecule has 4 amide bonds. The second kappa shape index (κ2) is 9.00. The van der Waals surface area contributed by atoms with Crippen LogP contribution in [0, 0.1) is 0 Å². The van der Waals surface area contributed by atoms with Crippen molar-refractivity contribution in [2.75, 3.05) is 5.32 Å². The summed E-state index contributed by atoms with van der Waals surface area (Å²) in [5.41, 5.74) is 6.00. The van der Waals surface area contributed by atoms with E-state index in [0.29, 0.717) is 11.3 Å². The Morgan fingerprint density at radius 1 is 1.08 bits per heavy atom. The van der Waals surface area contributed by atoms with Crippen molar-refractivity contribution in [3.05, 3.63) is 52.2 Å². The molecule has 2 aromatic rings. The summed E-state index contributed by atoms with van der Waals surface area (Å²) in [5, 5.41) is 9.97. The van der Waals surface area contributed by atoms with E-state index in [0.717, 1.165) is 4.88 Å². The Labute approximate surface area is 156 Å². The third-order valence-electron chi connectivity index (χ3n) is 3.46. The molecular weight excluding hydrogens is 352 g/mol. The quantitative estimate of drug-likeness (QED) is 0.597. The molecule has 0 bridgehead atoms. The zero-order valence-corrected chi connectivity index (χ0v) is 15.4. The van der Waals surface area contributed by atoms with Gasteiger partial charge in [-0.05, 0) is 37.4 Å². The SMILES string of the molecule is CC(C)NC(=O)c1ccccc1NC(=O)CC(NC(N)=O)c1cccs1. The van der Waals surface area contributed by atoms with Crippen LogP contribution in [-0.4, -0.2) is 23.9 Å². The van der Waals surface area contributed by atoms with E-state index >= 15 is 0 Å². The molecular formula is C18H22N4O3S. The highest BCUT2D eigenvalue weighted by Gasteiger charge is 2.20. The van der Waals surface area contributed by atoms with Crippen LogP contribution in [0.15, 0.2) is 41.8 Å². The summed E-state index contributed by atoms with van der Waals surface area (Å²) >= 11 is 1.42. The average Bonchev–Trinajstić information content (AvgIpc) is 3.08. The van der Waals surface area contributed by atoms with Crippen molar-refractivity contribution < 1.29 is 14.4 Å². The summed E-state index contributed by atoms with van der Waals surface area (Å²) in [6, 6.07) is 9.18. The fraction of sp³-hybridized carbons (Fsp3) is 0.278. The van der Waals surface area contributed by atoms with E-state index in [1.807, 2.05) is 31.4 Å². The number of carbonyl (C=O) groups excluding carboxylic acids is 3. The van der Waals surface area contributed by atoms with Gasteiger partial charge < -0.3 is 21.7 Å². The highest BCUT2D eigenvalue weighted by Crippen LogP contribution is 2.23. The monoisotopic (exact) mass is 374 g/mol. The van der Waals surface area contributed by atoms with Gasteiger partial charge in [-0.25, -0.2) is 4.79 Å². The number of anilines is 1. The Bertz CT molecular complexity index is 775. The number of thiophene rings is 1. The van der Waals surface area contributed by atoms with Gasteiger partial charge >= 0.3 is 6.03 Å². The first-order valence-corrected chi connectivity index (χ1v) is 9.04. The van der Waals surface area contributed by atoms with E-state index in [1.54, 1.807) is 24.3 Å². The van der Waals surface area contributed by atoms with Gasteiger partial charge in [0.2, 0.25) is 5.91 Å². The van der Waals surface area contributed by atoms with E-state index in [1.165, 1.54) is 11.3 Å². The van der Waals surface area contributed by atoms with E-state index < -0.39 is 12.1 Å². The molecule has 0 saturated carbocycles. The summed E-state index contributed by atoms with van der Waals surface area (Å²) < 4.78 is 0. The first-order valence-electron chi connectivity index (χ1n) is 8.16. The Hall–Kier alpha value is -2.87. The Morgan fingerprint density at radius 3 is 2.42 bits per heavy atom. The summed E-state index contributed by atoms with van der Waals surface area (Å²) in [4.78, 5) is 36.8. The molecule has 0 aliphatic carbocycles. The maximum absolute atomic E-state index is 12.5. The van der Waals surface area contributed by atoms with Gasteiger partial charge in [0.25, 0.3) is 5.91 Å². The maximum Gasteiger partial charge on any atom is 0.312 e. The second-order valence-corrected chi connectivity index (χ2v) is 6.98. The zero-order valence-electron chi connectivity index (χ0n) is 14.6. The third kappa shape index (κ3) is 5.59. The van der Waals surface area contributed by atoms with Crippen LogP contribution in [0.1, 0.15) is 41.5 Å². The molecule has 1 aromatic carbocycles. The van der Waals surface area contributed by atoms with Gasteiger partial charge in [-0.2, -0.15) is 0 Å². The smallest absolute Gasteiger partial charge is 0.312 e. The molecule has 1 heterocycles. The molecule has 1 aromatic heterocycles. The second-order valence-electron chi connectivity index (χ2n) is 6.00. The molecule has 2 rings (SSSR count). The number of amides is 4. The first-order chi connectivity index (χ1) is 12.4. The Balaban J connectivity index is 2.11. The van der Waals surface area contributed by atoms with E-state index in [-0.39, 0.29) is 24.3 Å². The molecule has 1 atom stereocenters. The number of rotatable bonds is 7. The lowest BCUT2D eigenvalue weighted by Crippen LogP contribution is -2.35. The molecule has 5 N–H and O–H groups in total. The van der Waals surface area contributed by atoms with Gasteiger partial charge in [-0.3, -0.25) is 9.59 Å². The number of nitrogens with two attached hydrogens (primary N) is 1. The minimum Gasteiger partial charge on any atom is -0.352 e. The fourth-order valence-corrected chi connectivity index (χ4v) is 3.18. The van der Waals surface area contributed by atoms with Crippen molar-refractivity contribution >= 4 is 34.9 Å². The number of para-hydroxylation sites is 1. The lowest BCUT2D eigenvalue weighted by atomic mass is 10.1. The molecule has 0 aliphatic heterocycles. The summed E-state index contributed by atoms with van der Waals surface area (Å²) in [5.74, 6) is -0.595.